The zero-order valence-corrected chi connectivity index (χ0v) is 12.5. The number of rotatable bonds is 5. The summed E-state index contributed by atoms with van der Waals surface area (Å²) in [6.07, 6.45) is -1.08. The van der Waals surface area contributed by atoms with Crippen LogP contribution in [0.1, 0.15) is 22.8 Å². The van der Waals surface area contributed by atoms with Crippen LogP contribution >= 0.6 is 0 Å². The Balaban J connectivity index is 2.08. The summed E-state index contributed by atoms with van der Waals surface area (Å²) >= 11 is 0. The maximum Gasteiger partial charge on any atom is 0.157 e. The van der Waals surface area contributed by atoms with Gasteiger partial charge in [0.2, 0.25) is 0 Å². The van der Waals surface area contributed by atoms with Crippen molar-refractivity contribution >= 4 is 9.84 Å². The summed E-state index contributed by atoms with van der Waals surface area (Å²) < 4.78 is 37.2. The van der Waals surface area contributed by atoms with E-state index in [-0.39, 0.29) is 11.5 Å². The quantitative estimate of drug-likeness (QED) is 0.924. The molecule has 0 aliphatic heterocycles. The molecule has 21 heavy (non-hydrogen) atoms. The molecule has 1 unspecified atom stereocenters. The number of benzene rings is 2. The fourth-order valence-electron chi connectivity index (χ4n) is 2.06. The smallest absolute Gasteiger partial charge is 0.157 e. The highest BCUT2D eigenvalue weighted by molar-refractivity contribution is 7.90. The lowest BCUT2D eigenvalue weighted by molar-refractivity contribution is 0.201. The van der Waals surface area contributed by atoms with Crippen LogP contribution in [0.5, 0.6) is 0 Å². The maximum atomic E-state index is 13.1. The van der Waals surface area contributed by atoms with Gasteiger partial charge in [0.1, 0.15) is 5.82 Å². The monoisotopic (exact) mass is 308 g/mol. The Kier molecular flexibility index (Phi) is 4.75. The van der Waals surface area contributed by atoms with Crippen molar-refractivity contribution < 1.29 is 17.9 Å². The van der Waals surface area contributed by atoms with E-state index in [1.165, 1.54) is 18.2 Å². The summed E-state index contributed by atoms with van der Waals surface area (Å²) in [6.45, 7) is 1.91. The largest absolute Gasteiger partial charge is 0.387 e. The highest BCUT2D eigenvalue weighted by Gasteiger charge is 2.19. The van der Waals surface area contributed by atoms with Gasteiger partial charge in [0.25, 0.3) is 0 Å². The first-order chi connectivity index (χ1) is 9.85. The molecule has 0 amide bonds. The molecule has 1 N–H and O–H groups in total. The van der Waals surface area contributed by atoms with Gasteiger partial charge in [-0.15, -0.1) is 0 Å². The van der Waals surface area contributed by atoms with E-state index in [0.29, 0.717) is 11.1 Å². The van der Waals surface area contributed by atoms with Crippen LogP contribution in [0.15, 0.2) is 48.5 Å². The highest BCUT2D eigenvalue weighted by Crippen LogP contribution is 2.18. The molecule has 0 aliphatic carbocycles. The summed E-state index contributed by atoms with van der Waals surface area (Å²) in [5, 5.41) is 10.0. The molecular weight excluding hydrogens is 291 g/mol. The van der Waals surface area contributed by atoms with Crippen LogP contribution in [0.4, 0.5) is 4.39 Å². The predicted octanol–water partition coefficient (Wildman–Crippen LogP) is 2.78. The Hall–Kier alpha value is -1.72. The second-order valence-electron chi connectivity index (χ2n) is 5.11. The van der Waals surface area contributed by atoms with E-state index in [2.05, 4.69) is 0 Å². The number of hydrogen-bond donors (Lipinski definition) is 1. The van der Waals surface area contributed by atoms with Gasteiger partial charge in [-0.05, 0) is 30.2 Å². The van der Waals surface area contributed by atoms with Crippen molar-refractivity contribution in [2.45, 2.75) is 18.8 Å². The second kappa shape index (κ2) is 6.37. The molecule has 0 saturated heterocycles. The summed E-state index contributed by atoms with van der Waals surface area (Å²) in [7, 11) is -3.53. The minimum Gasteiger partial charge on any atom is -0.387 e. The first kappa shape index (κ1) is 15.7. The van der Waals surface area contributed by atoms with Gasteiger partial charge in [-0.3, -0.25) is 0 Å². The number of sulfone groups is 1. The van der Waals surface area contributed by atoms with Crippen molar-refractivity contribution in [3.05, 3.63) is 71.0 Å². The lowest BCUT2D eigenvalue weighted by Gasteiger charge is -2.12. The molecule has 3 nitrogen and oxygen atoms in total. The first-order valence-electron chi connectivity index (χ1n) is 6.55. The first-order valence-corrected chi connectivity index (χ1v) is 8.37. The standard InChI is InChI=1S/C16H17FO3S/c1-12-5-7-14(8-6-12)16(18)11-21(19,20)10-13-3-2-4-15(17)9-13/h2-9,16,18H,10-11H2,1H3. The Morgan fingerprint density at radius 1 is 1.14 bits per heavy atom. The molecule has 0 radical (unpaired) electrons. The molecule has 0 aromatic heterocycles. The third-order valence-corrected chi connectivity index (χ3v) is 4.75. The number of aryl methyl sites for hydroxylation is 1. The third-order valence-electron chi connectivity index (χ3n) is 3.15. The molecule has 0 aliphatic rings. The molecule has 0 heterocycles. The fraction of sp³-hybridized carbons (Fsp3) is 0.250. The van der Waals surface area contributed by atoms with Crippen molar-refractivity contribution in [1.29, 1.82) is 0 Å². The van der Waals surface area contributed by atoms with Crippen LogP contribution in [-0.4, -0.2) is 19.3 Å². The molecule has 0 saturated carbocycles. The van der Waals surface area contributed by atoms with E-state index in [0.717, 1.165) is 5.56 Å². The molecule has 0 spiro atoms. The molecule has 0 bridgehead atoms. The van der Waals surface area contributed by atoms with Gasteiger partial charge in [0.05, 0.1) is 17.6 Å². The summed E-state index contributed by atoms with van der Waals surface area (Å²) in [4.78, 5) is 0. The van der Waals surface area contributed by atoms with Crippen molar-refractivity contribution in [2.75, 3.05) is 5.75 Å². The molecule has 1 atom stereocenters. The van der Waals surface area contributed by atoms with Gasteiger partial charge in [-0.2, -0.15) is 0 Å². The van der Waals surface area contributed by atoms with Crippen molar-refractivity contribution in [3.8, 4) is 0 Å². The molecule has 5 heteroatoms. The van der Waals surface area contributed by atoms with Gasteiger partial charge in [0, 0.05) is 0 Å². The molecule has 0 fully saturated rings. The lowest BCUT2D eigenvalue weighted by Crippen LogP contribution is -2.16. The second-order valence-corrected chi connectivity index (χ2v) is 7.22. The average molecular weight is 308 g/mol. The van der Waals surface area contributed by atoms with Gasteiger partial charge in [-0.1, -0.05) is 42.0 Å². The van der Waals surface area contributed by atoms with E-state index in [9.17, 15) is 17.9 Å². The van der Waals surface area contributed by atoms with Crippen LogP contribution in [0.3, 0.4) is 0 Å². The van der Waals surface area contributed by atoms with Gasteiger partial charge in [0.15, 0.2) is 9.84 Å². The fourth-order valence-corrected chi connectivity index (χ4v) is 3.54. The number of hydrogen-bond acceptors (Lipinski definition) is 3. The number of aliphatic hydroxyl groups is 1. The molecule has 2 aromatic rings. The molecule has 112 valence electrons. The number of halogens is 1. The Morgan fingerprint density at radius 2 is 1.81 bits per heavy atom. The molecule has 2 aromatic carbocycles. The average Bonchev–Trinajstić information content (AvgIpc) is 2.38. The minimum absolute atomic E-state index is 0.284. The van der Waals surface area contributed by atoms with E-state index in [4.69, 9.17) is 0 Å². The summed E-state index contributed by atoms with van der Waals surface area (Å²) in [5.41, 5.74) is 1.98. The predicted molar refractivity (Wildman–Crippen MR) is 80.0 cm³/mol. The lowest BCUT2D eigenvalue weighted by atomic mass is 10.1. The van der Waals surface area contributed by atoms with Gasteiger partial charge >= 0.3 is 0 Å². The third kappa shape index (κ3) is 4.65. The normalized spacial score (nSPS) is 13.1. The van der Waals surface area contributed by atoms with E-state index >= 15 is 0 Å². The number of aliphatic hydroxyl groups excluding tert-OH is 1. The SMILES string of the molecule is Cc1ccc(C(O)CS(=O)(=O)Cc2cccc(F)c2)cc1. The Labute approximate surface area is 124 Å². The van der Waals surface area contributed by atoms with E-state index in [1.807, 2.05) is 19.1 Å². The molecule has 2 rings (SSSR count). The zero-order chi connectivity index (χ0) is 15.5. The van der Waals surface area contributed by atoms with Crippen molar-refractivity contribution in [1.82, 2.24) is 0 Å². The zero-order valence-electron chi connectivity index (χ0n) is 11.7. The van der Waals surface area contributed by atoms with Crippen LogP contribution in [0, 0.1) is 12.7 Å². The summed E-state index contributed by atoms with van der Waals surface area (Å²) in [6, 6.07) is 12.5. The van der Waals surface area contributed by atoms with Gasteiger partial charge < -0.3 is 5.11 Å². The van der Waals surface area contributed by atoms with Crippen LogP contribution in [0.25, 0.3) is 0 Å². The van der Waals surface area contributed by atoms with Crippen LogP contribution in [-0.2, 0) is 15.6 Å². The molecular formula is C16H17FO3S. The van der Waals surface area contributed by atoms with E-state index in [1.54, 1.807) is 18.2 Å². The van der Waals surface area contributed by atoms with E-state index < -0.39 is 21.8 Å². The maximum absolute atomic E-state index is 13.1. The van der Waals surface area contributed by atoms with Gasteiger partial charge in [-0.25, -0.2) is 12.8 Å². The summed E-state index contributed by atoms with van der Waals surface area (Å²) in [5.74, 6) is -1.14. The van der Waals surface area contributed by atoms with Crippen LogP contribution in [0.2, 0.25) is 0 Å². The Morgan fingerprint density at radius 3 is 2.43 bits per heavy atom. The minimum atomic E-state index is -3.53. The van der Waals surface area contributed by atoms with Crippen LogP contribution < -0.4 is 0 Å². The topological polar surface area (TPSA) is 54.4 Å². The van der Waals surface area contributed by atoms with Crippen molar-refractivity contribution in [3.63, 3.8) is 0 Å². The van der Waals surface area contributed by atoms with Crippen molar-refractivity contribution in [2.24, 2.45) is 0 Å². The highest BCUT2D eigenvalue weighted by atomic mass is 32.2. The Bertz CT molecular complexity index is 709.